The molecule has 1 aromatic carbocycles. The Bertz CT molecular complexity index is 528. The number of rotatable bonds is 1. The first-order valence-corrected chi connectivity index (χ1v) is 4.25. The average Bonchev–Trinajstić information content (AvgIpc) is 2.19. The maximum Gasteiger partial charge on any atom is 0.240 e. The van der Waals surface area contributed by atoms with Gasteiger partial charge in [0.15, 0.2) is 0 Å². The van der Waals surface area contributed by atoms with Gasteiger partial charge in [0.05, 0.1) is 11.2 Å². The van der Waals surface area contributed by atoms with E-state index in [1.54, 1.807) is 6.07 Å². The van der Waals surface area contributed by atoms with Gasteiger partial charge in [-0.05, 0) is 31.2 Å². The van der Waals surface area contributed by atoms with Gasteiger partial charge in [0.25, 0.3) is 0 Å². The Labute approximate surface area is 81.1 Å². The number of hydrogen-bond donors (Lipinski definition) is 0. The predicted molar refractivity (Wildman–Crippen MR) is 54.3 cm³/mol. The quantitative estimate of drug-likeness (QED) is 0.504. The molecule has 0 aliphatic heterocycles. The van der Waals surface area contributed by atoms with Crippen LogP contribution in [0.4, 0.5) is 5.69 Å². The summed E-state index contributed by atoms with van der Waals surface area (Å²) >= 11 is 0. The number of benzene rings is 1. The van der Waals surface area contributed by atoms with Gasteiger partial charge in [0, 0.05) is 11.1 Å². The summed E-state index contributed by atoms with van der Waals surface area (Å²) in [5.41, 5.74) is 2.50. The number of aryl methyl sites for hydroxylation is 1. The van der Waals surface area contributed by atoms with E-state index >= 15 is 0 Å². The first kappa shape index (κ1) is 8.60. The van der Waals surface area contributed by atoms with Gasteiger partial charge in [-0.25, -0.2) is 4.79 Å². The number of aliphatic imine (C=N–C) groups is 1. The zero-order chi connectivity index (χ0) is 9.97. The molecule has 0 saturated heterocycles. The van der Waals surface area contributed by atoms with Gasteiger partial charge in [-0.2, -0.15) is 4.99 Å². The molecule has 0 spiro atoms. The van der Waals surface area contributed by atoms with Crippen LogP contribution in [0.25, 0.3) is 10.9 Å². The summed E-state index contributed by atoms with van der Waals surface area (Å²) in [6.07, 6.45) is 1.51. The summed E-state index contributed by atoms with van der Waals surface area (Å²) in [4.78, 5) is 17.9. The fourth-order valence-electron chi connectivity index (χ4n) is 1.34. The highest BCUT2D eigenvalue weighted by atomic mass is 16.1. The van der Waals surface area contributed by atoms with Crippen LogP contribution in [0.5, 0.6) is 0 Å². The number of hydrogen-bond acceptors (Lipinski definition) is 3. The average molecular weight is 184 g/mol. The van der Waals surface area contributed by atoms with Crippen molar-refractivity contribution in [1.29, 1.82) is 0 Å². The molecule has 0 atom stereocenters. The summed E-state index contributed by atoms with van der Waals surface area (Å²) in [7, 11) is 0. The first-order chi connectivity index (χ1) is 6.79. The van der Waals surface area contributed by atoms with Crippen molar-refractivity contribution in [2.24, 2.45) is 4.99 Å². The van der Waals surface area contributed by atoms with Crippen molar-refractivity contribution in [1.82, 2.24) is 4.98 Å². The van der Waals surface area contributed by atoms with Crippen molar-refractivity contribution < 1.29 is 4.79 Å². The Morgan fingerprint density at radius 2 is 2.14 bits per heavy atom. The molecule has 0 bridgehead atoms. The summed E-state index contributed by atoms with van der Waals surface area (Å²) in [5, 5.41) is 0.979. The van der Waals surface area contributed by atoms with Crippen molar-refractivity contribution >= 4 is 22.7 Å². The number of fused-ring (bicyclic) bond motifs is 1. The minimum atomic E-state index is 0.609. The lowest BCUT2D eigenvalue weighted by molar-refractivity contribution is 0.565. The molecule has 0 saturated carbocycles. The van der Waals surface area contributed by atoms with Crippen molar-refractivity contribution in [3.05, 3.63) is 36.0 Å². The fourth-order valence-corrected chi connectivity index (χ4v) is 1.34. The van der Waals surface area contributed by atoms with Crippen LogP contribution in [0.2, 0.25) is 0 Å². The first-order valence-electron chi connectivity index (χ1n) is 4.25. The van der Waals surface area contributed by atoms with Gasteiger partial charge >= 0.3 is 0 Å². The molecule has 0 fully saturated rings. The number of aromatic nitrogens is 1. The van der Waals surface area contributed by atoms with Gasteiger partial charge in [-0.3, -0.25) is 4.98 Å². The number of isocyanates is 1. The van der Waals surface area contributed by atoms with Gasteiger partial charge in [-0.1, -0.05) is 6.07 Å². The number of carbonyl (C=O) groups excluding carboxylic acids is 1. The Morgan fingerprint density at radius 3 is 2.93 bits per heavy atom. The highest BCUT2D eigenvalue weighted by Crippen LogP contribution is 2.19. The van der Waals surface area contributed by atoms with Crippen molar-refractivity contribution in [2.75, 3.05) is 0 Å². The van der Waals surface area contributed by atoms with Crippen LogP contribution in [0.1, 0.15) is 5.69 Å². The SMILES string of the molecule is Cc1ccc2cc(N=C=O)ccc2n1. The third-order valence-electron chi connectivity index (χ3n) is 1.99. The third kappa shape index (κ3) is 1.53. The summed E-state index contributed by atoms with van der Waals surface area (Å²) in [6, 6.07) is 9.29. The molecule has 1 heterocycles. The zero-order valence-electron chi connectivity index (χ0n) is 7.69. The van der Waals surface area contributed by atoms with Gasteiger partial charge in [0.1, 0.15) is 0 Å². The Hall–Kier alpha value is -1.99. The lowest BCUT2D eigenvalue weighted by Gasteiger charge is -1.98. The van der Waals surface area contributed by atoms with E-state index in [4.69, 9.17) is 0 Å². The third-order valence-corrected chi connectivity index (χ3v) is 1.99. The highest BCUT2D eigenvalue weighted by Gasteiger charge is 1.96. The molecular formula is C11H8N2O. The number of nitrogens with zero attached hydrogens (tertiary/aromatic N) is 2. The van der Waals surface area contributed by atoms with Crippen molar-refractivity contribution in [2.45, 2.75) is 6.92 Å². The van der Waals surface area contributed by atoms with Crippen LogP contribution in [-0.2, 0) is 4.79 Å². The maximum atomic E-state index is 10.1. The van der Waals surface area contributed by atoms with Crippen LogP contribution in [0, 0.1) is 6.92 Å². The van der Waals surface area contributed by atoms with E-state index in [1.807, 2.05) is 31.2 Å². The van der Waals surface area contributed by atoms with Crippen LogP contribution in [0.15, 0.2) is 35.3 Å². The lowest BCUT2D eigenvalue weighted by atomic mass is 10.2. The molecule has 0 unspecified atom stereocenters. The van der Waals surface area contributed by atoms with Crippen molar-refractivity contribution in [3.8, 4) is 0 Å². The summed E-state index contributed by atoms with van der Waals surface area (Å²) in [5.74, 6) is 0. The maximum absolute atomic E-state index is 10.1. The highest BCUT2D eigenvalue weighted by molar-refractivity contribution is 5.82. The van der Waals surface area contributed by atoms with Gasteiger partial charge < -0.3 is 0 Å². The summed E-state index contributed by atoms with van der Waals surface area (Å²) in [6.45, 7) is 1.94. The molecule has 3 heteroatoms. The molecule has 14 heavy (non-hydrogen) atoms. The van der Waals surface area contributed by atoms with Gasteiger partial charge in [0.2, 0.25) is 6.08 Å². The summed E-state index contributed by atoms with van der Waals surface area (Å²) < 4.78 is 0. The Balaban J connectivity index is 2.67. The second kappa shape index (κ2) is 3.40. The molecule has 1 aromatic heterocycles. The Kier molecular flexibility index (Phi) is 2.09. The van der Waals surface area contributed by atoms with E-state index in [1.165, 1.54) is 6.08 Å². The molecule has 2 aromatic rings. The van der Waals surface area contributed by atoms with E-state index < -0.39 is 0 Å². The smallest absolute Gasteiger partial charge is 0.240 e. The van der Waals surface area contributed by atoms with Crippen LogP contribution in [0.3, 0.4) is 0 Å². The second-order valence-electron chi connectivity index (χ2n) is 3.03. The predicted octanol–water partition coefficient (Wildman–Crippen LogP) is 2.51. The zero-order valence-corrected chi connectivity index (χ0v) is 7.69. The van der Waals surface area contributed by atoms with Gasteiger partial charge in [-0.15, -0.1) is 0 Å². The molecule has 0 N–H and O–H groups in total. The van der Waals surface area contributed by atoms with E-state index in [2.05, 4.69) is 9.98 Å². The largest absolute Gasteiger partial charge is 0.253 e. The van der Waals surface area contributed by atoms with Crippen molar-refractivity contribution in [3.63, 3.8) is 0 Å². The topological polar surface area (TPSA) is 42.3 Å². The molecule has 0 radical (unpaired) electrons. The molecule has 2 rings (SSSR count). The number of pyridine rings is 1. The van der Waals surface area contributed by atoms with Crippen LogP contribution < -0.4 is 0 Å². The van der Waals surface area contributed by atoms with E-state index in [0.717, 1.165) is 16.6 Å². The lowest BCUT2D eigenvalue weighted by Crippen LogP contribution is -1.81. The van der Waals surface area contributed by atoms with E-state index in [9.17, 15) is 4.79 Å². The molecule has 0 amide bonds. The van der Waals surface area contributed by atoms with E-state index in [0.29, 0.717) is 5.69 Å². The minimum Gasteiger partial charge on any atom is -0.253 e. The fraction of sp³-hybridized carbons (Fsp3) is 0.0909. The standard InChI is InChI=1S/C11H8N2O/c1-8-2-3-9-6-10(12-7-14)4-5-11(9)13-8/h2-6H,1H3. The van der Waals surface area contributed by atoms with Crippen LogP contribution >= 0.6 is 0 Å². The Morgan fingerprint density at radius 1 is 1.29 bits per heavy atom. The normalized spacial score (nSPS) is 9.79. The van der Waals surface area contributed by atoms with Crippen LogP contribution in [-0.4, -0.2) is 11.1 Å². The monoisotopic (exact) mass is 184 g/mol. The molecular weight excluding hydrogens is 176 g/mol. The molecule has 3 nitrogen and oxygen atoms in total. The molecule has 0 aliphatic carbocycles. The van der Waals surface area contributed by atoms with E-state index in [-0.39, 0.29) is 0 Å². The molecule has 0 aliphatic rings. The molecule has 68 valence electrons. The second-order valence-corrected chi connectivity index (χ2v) is 3.03. The minimum absolute atomic E-state index is 0.609.